The highest BCUT2D eigenvalue weighted by Gasteiger charge is 2.06. The third-order valence-electron chi connectivity index (χ3n) is 2.51. The van der Waals surface area contributed by atoms with Crippen LogP contribution in [0.15, 0.2) is 48.5 Å². The van der Waals surface area contributed by atoms with E-state index in [9.17, 15) is 4.79 Å². The summed E-state index contributed by atoms with van der Waals surface area (Å²) in [5, 5.41) is 2.60. The third kappa shape index (κ3) is 2.45. The molecule has 2 aromatic rings. The van der Waals surface area contributed by atoms with Crippen molar-refractivity contribution in [2.45, 2.75) is 0 Å². The van der Waals surface area contributed by atoms with E-state index in [4.69, 9.17) is 4.74 Å². The van der Waals surface area contributed by atoms with Crippen LogP contribution < -0.4 is 10.1 Å². The Bertz CT molecular complexity index is 509. The van der Waals surface area contributed by atoms with E-state index in [0.29, 0.717) is 6.41 Å². The monoisotopic (exact) mass is 227 g/mol. The predicted molar refractivity (Wildman–Crippen MR) is 68.1 cm³/mol. The molecule has 3 heteroatoms. The molecule has 0 aliphatic rings. The summed E-state index contributed by atoms with van der Waals surface area (Å²) in [4.78, 5) is 10.4. The summed E-state index contributed by atoms with van der Waals surface area (Å²) in [7, 11) is 1.62. The molecule has 0 atom stereocenters. The Kier molecular flexibility index (Phi) is 3.40. The number of amides is 1. The first-order chi connectivity index (χ1) is 8.35. The molecule has 0 radical (unpaired) electrons. The van der Waals surface area contributed by atoms with Crippen molar-refractivity contribution < 1.29 is 9.53 Å². The van der Waals surface area contributed by atoms with Crippen molar-refractivity contribution >= 4 is 12.1 Å². The number of methoxy groups -OCH3 is 1. The van der Waals surface area contributed by atoms with Crippen LogP contribution in [0.2, 0.25) is 0 Å². The standard InChI is InChI=1S/C14H13NO2/c1-17-14-9-12(15-10-16)7-8-13(14)11-5-3-2-4-6-11/h2-10H,1H3,(H,15,16). The second-order valence-corrected chi connectivity index (χ2v) is 3.54. The molecule has 0 heterocycles. The van der Waals surface area contributed by atoms with Gasteiger partial charge in [-0.1, -0.05) is 30.3 Å². The number of anilines is 1. The number of carbonyl (C=O) groups is 1. The normalized spacial score (nSPS) is 9.71. The fourth-order valence-electron chi connectivity index (χ4n) is 1.71. The molecule has 2 aromatic carbocycles. The molecule has 0 aliphatic heterocycles. The largest absolute Gasteiger partial charge is 0.496 e. The van der Waals surface area contributed by atoms with Crippen LogP contribution in [0.25, 0.3) is 11.1 Å². The van der Waals surface area contributed by atoms with Crippen molar-refractivity contribution in [1.82, 2.24) is 0 Å². The summed E-state index contributed by atoms with van der Waals surface area (Å²) in [5.41, 5.74) is 2.81. The molecule has 0 unspecified atom stereocenters. The Morgan fingerprint density at radius 3 is 2.53 bits per heavy atom. The fourth-order valence-corrected chi connectivity index (χ4v) is 1.71. The van der Waals surface area contributed by atoms with Crippen LogP contribution in [0, 0.1) is 0 Å². The van der Waals surface area contributed by atoms with E-state index in [2.05, 4.69) is 5.32 Å². The van der Waals surface area contributed by atoms with Crippen LogP contribution >= 0.6 is 0 Å². The molecule has 0 aromatic heterocycles. The molecular formula is C14H13NO2. The van der Waals surface area contributed by atoms with E-state index in [-0.39, 0.29) is 0 Å². The molecule has 86 valence electrons. The van der Waals surface area contributed by atoms with Crippen LogP contribution in [0.5, 0.6) is 5.75 Å². The fraction of sp³-hybridized carbons (Fsp3) is 0.0714. The van der Waals surface area contributed by atoms with Gasteiger partial charge in [0.15, 0.2) is 0 Å². The van der Waals surface area contributed by atoms with Gasteiger partial charge in [-0.25, -0.2) is 0 Å². The third-order valence-corrected chi connectivity index (χ3v) is 2.51. The zero-order valence-corrected chi connectivity index (χ0v) is 9.51. The van der Waals surface area contributed by atoms with Gasteiger partial charge in [-0.15, -0.1) is 0 Å². The lowest BCUT2D eigenvalue weighted by molar-refractivity contribution is -0.105. The smallest absolute Gasteiger partial charge is 0.211 e. The lowest BCUT2D eigenvalue weighted by Gasteiger charge is -2.10. The van der Waals surface area contributed by atoms with Gasteiger partial charge in [0.1, 0.15) is 5.75 Å². The second kappa shape index (κ2) is 5.16. The first-order valence-corrected chi connectivity index (χ1v) is 5.29. The van der Waals surface area contributed by atoms with Gasteiger partial charge in [0, 0.05) is 17.3 Å². The molecule has 3 nitrogen and oxygen atoms in total. The molecule has 1 amide bonds. The number of benzene rings is 2. The van der Waals surface area contributed by atoms with Gasteiger partial charge in [-0.2, -0.15) is 0 Å². The van der Waals surface area contributed by atoms with Gasteiger partial charge in [-0.05, 0) is 17.7 Å². The van der Waals surface area contributed by atoms with E-state index >= 15 is 0 Å². The summed E-state index contributed by atoms with van der Waals surface area (Å²) >= 11 is 0. The first kappa shape index (κ1) is 11.2. The molecule has 0 saturated heterocycles. The summed E-state index contributed by atoms with van der Waals surface area (Å²) in [6, 6.07) is 15.5. The van der Waals surface area contributed by atoms with Crippen molar-refractivity contribution in [2.75, 3.05) is 12.4 Å². The van der Waals surface area contributed by atoms with Crippen molar-refractivity contribution in [3.8, 4) is 16.9 Å². The van der Waals surface area contributed by atoms with Crippen molar-refractivity contribution in [1.29, 1.82) is 0 Å². The number of ether oxygens (including phenoxy) is 1. The SMILES string of the molecule is COc1cc(NC=O)ccc1-c1ccccc1. The summed E-state index contributed by atoms with van der Waals surface area (Å²) in [6.45, 7) is 0. The van der Waals surface area contributed by atoms with Crippen LogP contribution in [0.1, 0.15) is 0 Å². The maximum atomic E-state index is 10.4. The number of hydrogen-bond acceptors (Lipinski definition) is 2. The average Bonchev–Trinajstić information content (AvgIpc) is 2.40. The van der Waals surface area contributed by atoms with Gasteiger partial charge in [0.2, 0.25) is 6.41 Å². The molecule has 2 rings (SSSR count). The zero-order chi connectivity index (χ0) is 12.1. The van der Waals surface area contributed by atoms with E-state index in [1.165, 1.54) is 0 Å². The first-order valence-electron chi connectivity index (χ1n) is 5.29. The van der Waals surface area contributed by atoms with Crippen LogP contribution in [0.3, 0.4) is 0 Å². The maximum Gasteiger partial charge on any atom is 0.211 e. The molecule has 17 heavy (non-hydrogen) atoms. The topological polar surface area (TPSA) is 38.3 Å². The van der Waals surface area contributed by atoms with Crippen molar-refractivity contribution in [3.05, 3.63) is 48.5 Å². The molecule has 0 fully saturated rings. The minimum absolute atomic E-state index is 0.650. The highest BCUT2D eigenvalue weighted by Crippen LogP contribution is 2.31. The minimum Gasteiger partial charge on any atom is -0.496 e. The van der Waals surface area contributed by atoms with E-state index < -0.39 is 0 Å². The van der Waals surface area contributed by atoms with Gasteiger partial charge in [0.05, 0.1) is 7.11 Å². The number of hydrogen-bond donors (Lipinski definition) is 1. The van der Waals surface area contributed by atoms with Gasteiger partial charge in [-0.3, -0.25) is 4.79 Å². The van der Waals surface area contributed by atoms with Gasteiger partial charge in [0.25, 0.3) is 0 Å². The molecule has 1 N–H and O–H groups in total. The zero-order valence-electron chi connectivity index (χ0n) is 9.51. The number of nitrogens with one attached hydrogen (secondary N) is 1. The Morgan fingerprint density at radius 1 is 1.12 bits per heavy atom. The molecular weight excluding hydrogens is 214 g/mol. The summed E-state index contributed by atoms with van der Waals surface area (Å²) in [6.07, 6.45) is 0.650. The second-order valence-electron chi connectivity index (χ2n) is 3.54. The van der Waals surface area contributed by atoms with E-state index in [1.807, 2.05) is 42.5 Å². The number of rotatable bonds is 4. The summed E-state index contributed by atoms with van der Waals surface area (Å²) < 4.78 is 5.33. The van der Waals surface area contributed by atoms with E-state index in [1.54, 1.807) is 13.2 Å². The lowest BCUT2D eigenvalue weighted by atomic mass is 10.0. The van der Waals surface area contributed by atoms with Gasteiger partial charge < -0.3 is 10.1 Å². The van der Waals surface area contributed by atoms with E-state index in [0.717, 1.165) is 22.6 Å². The predicted octanol–water partition coefficient (Wildman–Crippen LogP) is 2.93. The van der Waals surface area contributed by atoms with Crippen molar-refractivity contribution in [3.63, 3.8) is 0 Å². The molecule has 0 saturated carbocycles. The highest BCUT2D eigenvalue weighted by atomic mass is 16.5. The van der Waals surface area contributed by atoms with Crippen LogP contribution in [-0.2, 0) is 4.79 Å². The average molecular weight is 227 g/mol. The Balaban J connectivity index is 2.44. The number of carbonyl (C=O) groups excluding carboxylic acids is 1. The highest BCUT2D eigenvalue weighted by molar-refractivity contribution is 5.78. The lowest BCUT2D eigenvalue weighted by Crippen LogP contribution is -1.95. The van der Waals surface area contributed by atoms with Crippen LogP contribution in [0.4, 0.5) is 5.69 Å². The van der Waals surface area contributed by atoms with Crippen molar-refractivity contribution in [2.24, 2.45) is 0 Å². The Hall–Kier alpha value is -2.29. The van der Waals surface area contributed by atoms with Gasteiger partial charge >= 0.3 is 0 Å². The maximum absolute atomic E-state index is 10.4. The Morgan fingerprint density at radius 2 is 1.88 bits per heavy atom. The molecule has 0 aliphatic carbocycles. The minimum atomic E-state index is 0.650. The molecule has 0 bridgehead atoms. The molecule has 0 spiro atoms. The Labute approximate surface area is 100 Å². The quantitative estimate of drug-likeness (QED) is 0.815. The summed E-state index contributed by atoms with van der Waals surface area (Å²) in [5.74, 6) is 0.739. The van der Waals surface area contributed by atoms with Crippen LogP contribution in [-0.4, -0.2) is 13.5 Å².